The van der Waals surface area contributed by atoms with E-state index in [4.69, 9.17) is 21.1 Å². The molecular formula is C27H19ClN4O3S. The van der Waals surface area contributed by atoms with Crippen LogP contribution in [-0.2, 0) is 5.75 Å². The van der Waals surface area contributed by atoms with Crippen molar-refractivity contribution in [2.45, 2.75) is 10.6 Å². The molecule has 2 aromatic heterocycles. The molecule has 0 amide bonds. The summed E-state index contributed by atoms with van der Waals surface area (Å²) in [5.41, 5.74) is 3.95. The molecule has 36 heavy (non-hydrogen) atoms. The van der Waals surface area contributed by atoms with Crippen molar-refractivity contribution in [2.75, 3.05) is 12.1 Å². The third-order valence-electron chi connectivity index (χ3n) is 5.71. The molecule has 2 N–H and O–H groups in total. The first-order chi connectivity index (χ1) is 17.6. The number of anilines is 2. The summed E-state index contributed by atoms with van der Waals surface area (Å²) in [5, 5.41) is 4.80. The molecule has 0 unspecified atom stereocenters. The summed E-state index contributed by atoms with van der Waals surface area (Å²) in [6.45, 7) is 0.233. The van der Waals surface area contributed by atoms with Gasteiger partial charge in [0.2, 0.25) is 12.7 Å². The van der Waals surface area contributed by atoms with Crippen molar-refractivity contribution in [2.24, 2.45) is 0 Å². The first kappa shape index (κ1) is 22.5. The molecule has 6 rings (SSSR count). The summed E-state index contributed by atoms with van der Waals surface area (Å²) >= 11 is 7.69. The van der Waals surface area contributed by atoms with E-state index in [9.17, 15) is 4.79 Å². The van der Waals surface area contributed by atoms with Crippen molar-refractivity contribution in [3.8, 4) is 22.8 Å². The van der Waals surface area contributed by atoms with Gasteiger partial charge in [0.25, 0.3) is 5.56 Å². The van der Waals surface area contributed by atoms with Gasteiger partial charge in [-0.25, -0.2) is 9.97 Å². The lowest BCUT2D eigenvalue weighted by Crippen LogP contribution is -2.11. The van der Waals surface area contributed by atoms with Crippen LogP contribution in [0.3, 0.4) is 0 Å². The van der Waals surface area contributed by atoms with Gasteiger partial charge in [-0.15, -0.1) is 11.8 Å². The van der Waals surface area contributed by atoms with Crippen LogP contribution in [0.5, 0.6) is 11.5 Å². The Morgan fingerprint density at radius 1 is 0.972 bits per heavy atom. The van der Waals surface area contributed by atoms with E-state index in [1.165, 1.54) is 0 Å². The SMILES string of the molecule is O=c1[nH]c2ccc(Cl)cc2cc1CSc1ccc(Nc2nccc(-c3ccc4c(c3)OCO4)n2)cc1. The number of aromatic nitrogens is 3. The quantitative estimate of drug-likeness (QED) is 0.253. The minimum Gasteiger partial charge on any atom is -0.454 e. The standard InChI is InChI=1S/C27H19ClN4O3S/c28-19-2-7-22-17(12-19)11-18(26(33)31-22)14-36-21-5-3-20(4-6-21)30-27-29-10-9-23(32-27)16-1-8-24-25(13-16)35-15-34-24/h1-13H,14-15H2,(H,31,33)(H,29,30,32). The molecule has 1 aliphatic heterocycles. The molecule has 0 fully saturated rings. The maximum atomic E-state index is 12.4. The summed E-state index contributed by atoms with van der Waals surface area (Å²) in [5.74, 6) is 2.49. The molecule has 178 valence electrons. The van der Waals surface area contributed by atoms with Crippen molar-refractivity contribution in [1.82, 2.24) is 15.0 Å². The minimum atomic E-state index is -0.0879. The molecule has 1 aliphatic rings. The highest BCUT2D eigenvalue weighted by molar-refractivity contribution is 7.98. The van der Waals surface area contributed by atoms with E-state index in [1.807, 2.05) is 66.7 Å². The molecule has 0 atom stereocenters. The Bertz CT molecular complexity index is 1640. The number of thioether (sulfide) groups is 1. The Hall–Kier alpha value is -4.01. The average Bonchev–Trinajstić information content (AvgIpc) is 3.37. The van der Waals surface area contributed by atoms with Gasteiger partial charge in [0.1, 0.15) is 0 Å². The van der Waals surface area contributed by atoms with Gasteiger partial charge in [-0.05, 0) is 78.2 Å². The number of aromatic amines is 1. The number of pyridine rings is 1. The number of H-pyrrole nitrogens is 1. The van der Waals surface area contributed by atoms with Gasteiger partial charge in [-0.3, -0.25) is 4.79 Å². The van der Waals surface area contributed by atoms with Crippen LogP contribution in [0.25, 0.3) is 22.2 Å². The zero-order valence-electron chi connectivity index (χ0n) is 18.8. The first-order valence-electron chi connectivity index (χ1n) is 11.2. The zero-order chi connectivity index (χ0) is 24.5. The lowest BCUT2D eigenvalue weighted by atomic mass is 10.1. The van der Waals surface area contributed by atoms with Crippen LogP contribution in [0.4, 0.5) is 11.6 Å². The Balaban J connectivity index is 1.13. The smallest absolute Gasteiger partial charge is 0.252 e. The molecule has 5 aromatic rings. The van der Waals surface area contributed by atoms with Gasteiger partial charge >= 0.3 is 0 Å². The molecule has 3 aromatic carbocycles. The Morgan fingerprint density at radius 2 is 1.83 bits per heavy atom. The van der Waals surface area contributed by atoms with Crippen molar-refractivity contribution < 1.29 is 9.47 Å². The highest BCUT2D eigenvalue weighted by Gasteiger charge is 2.14. The number of nitrogens with one attached hydrogen (secondary N) is 2. The second kappa shape index (κ2) is 9.56. The molecule has 3 heterocycles. The lowest BCUT2D eigenvalue weighted by Gasteiger charge is -2.08. The van der Waals surface area contributed by atoms with E-state index in [2.05, 4.69) is 20.3 Å². The van der Waals surface area contributed by atoms with Gasteiger partial charge in [0.05, 0.1) is 5.69 Å². The third kappa shape index (κ3) is 4.73. The van der Waals surface area contributed by atoms with Crippen molar-refractivity contribution in [3.05, 3.63) is 99.9 Å². The fraction of sp³-hybridized carbons (Fsp3) is 0.0741. The number of hydrogen-bond acceptors (Lipinski definition) is 7. The van der Waals surface area contributed by atoms with E-state index in [0.717, 1.165) is 38.5 Å². The topological polar surface area (TPSA) is 89.1 Å². The summed E-state index contributed by atoms with van der Waals surface area (Å²) in [7, 11) is 0. The van der Waals surface area contributed by atoms with Crippen molar-refractivity contribution >= 4 is 45.9 Å². The molecule has 0 bridgehead atoms. The van der Waals surface area contributed by atoms with Gasteiger partial charge in [0, 0.05) is 44.2 Å². The van der Waals surface area contributed by atoms with Gasteiger partial charge < -0.3 is 19.8 Å². The zero-order valence-corrected chi connectivity index (χ0v) is 20.4. The molecule has 0 aliphatic carbocycles. The molecule has 0 spiro atoms. The monoisotopic (exact) mass is 514 g/mol. The molecule has 0 saturated heterocycles. The van der Waals surface area contributed by atoms with E-state index in [0.29, 0.717) is 28.0 Å². The number of ether oxygens (including phenoxy) is 2. The van der Waals surface area contributed by atoms with Crippen LogP contribution < -0.4 is 20.3 Å². The Kier molecular flexibility index (Phi) is 5.96. The van der Waals surface area contributed by atoms with Crippen LogP contribution in [0, 0.1) is 0 Å². The second-order valence-corrected chi connectivity index (χ2v) is 9.61. The summed E-state index contributed by atoms with van der Waals surface area (Å²) in [6, 6.07) is 22.8. The molecular weight excluding hydrogens is 496 g/mol. The molecule has 0 radical (unpaired) electrons. The van der Waals surface area contributed by atoms with E-state index in [1.54, 1.807) is 24.0 Å². The van der Waals surface area contributed by atoms with Crippen LogP contribution in [-0.4, -0.2) is 21.7 Å². The number of hydrogen-bond donors (Lipinski definition) is 2. The van der Waals surface area contributed by atoms with Crippen molar-refractivity contribution in [1.29, 1.82) is 0 Å². The number of nitrogens with zero attached hydrogens (tertiary/aromatic N) is 2. The summed E-state index contributed by atoms with van der Waals surface area (Å²) in [6.07, 6.45) is 1.72. The summed E-state index contributed by atoms with van der Waals surface area (Å²) < 4.78 is 10.8. The highest BCUT2D eigenvalue weighted by atomic mass is 35.5. The maximum Gasteiger partial charge on any atom is 0.252 e. The molecule has 7 nitrogen and oxygen atoms in total. The van der Waals surface area contributed by atoms with E-state index >= 15 is 0 Å². The van der Waals surface area contributed by atoms with Gasteiger partial charge in [-0.2, -0.15) is 0 Å². The van der Waals surface area contributed by atoms with Gasteiger partial charge in [0.15, 0.2) is 11.5 Å². The number of halogens is 1. The number of fused-ring (bicyclic) bond motifs is 2. The predicted molar refractivity (Wildman–Crippen MR) is 142 cm³/mol. The minimum absolute atomic E-state index is 0.0879. The molecule has 0 saturated carbocycles. The number of benzene rings is 3. The summed E-state index contributed by atoms with van der Waals surface area (Å²) in [4.78, 5) is 25.4. The maximum absolute atomic E-state index is 12.4. The van der Waals surface area contributed by atoms with E-state index in [-0.39, 0.29) is 12.4 Å². The van der Waals surface area contributed by atoms with Crippen LogP contribution in [0.1, 0.15) is 5.56 Å². The molecule has 9 heteroatoms. The normalized spacial score (nSPS) is 12.1. The van der Waals surface area contributed by atoms with Crippen LogP contribution in [0.2, 0.25) is 5.02 Å². The van der Waals surface area contributed by atoms with Gasteiger partial charge in [-0.1, -0.05) is 11.6 Å². The highest BCUT2D eigenvalue weighted by Crippen LogP contribution is 2.35. The fourth-order valence-corrected chi connectivity index (χ4v) is 4.94. The largest absolute Gasteiger partial charge is 0.454 e. The van der Waals surface area contributed by atoms with Crippen LogP contribution >= 0.6 is 23.4 Å². The third-order valence-corrected chi connectivity index (χ3v) is 7.01. The second-order valence-electron chi connectivity index (χ2n) is 8.13. The van der Waals surface area contributed by atoms with Crippen molar-refractivity contribution in [3.63, 3.8) is 0 Å². The Labute approximate surface area is 215 Å². The fourth-order valence-electron chi connectivity index (χ4n) is 3.89. The predicted octanol–water partition coefficient (Wildman–Crippen LogP) is 6.40. The van der Waals surface area contributed by atoms with Crippen LogP contribution in [0.15, 0.2) is 88.7 Å². The van der Waals surface area contributed by atoms with E-state index < -0.39 is 0 Å². The Morgan fingerprint density at radius 3 is 2.72 bits per heavy atom. The lowest BCUT2D eigenvalue weighted by molar-refractivity contribution is 0.174. The number of rotatable bonds is 6. The average molecular weight is 515 g/mol. The first-order valence-corrected chi connectivity index (χ1v) is 12.5.